The molecule has 1 N–H and O–H groups in total. The maximum absolute atomic E-state index is 12.9. The minimum atomic E-state index is -0.322. The highest BCUT2D eigenvalue weighted by molar-refractivity contribution is 6.02. The highest BCUT2D eigenvalue weighted by Crippen LogP contribution is 2.30. The zero-order valence-corrected chi connectivity index (χ0v) is 21.3. The number of tetrazole rings is 1. The van der Waals surface area contributed by atoms with Gasteiger partial charge in [-0.3, -0.25) is 0 Å². The molecule has 0 saturated heterocycles. The van der Waals surface area contributed by atoms with Gasteiger partial charge in [0, 0.05) is 18.5 Å². The summed E-state index contributed by atoms with van der Waals surface area (Å²) in [5, 5.41) is 14.5. The standard InChI is InChI=1S/C29H30N6O2/c1-4-5-13-26-30-25-12-8-11-24(29(36)37-19(2)3)27(25)35(26)18-20-14-16-21(17-15-20)22-9-6-7-10-23(22)28-31-33-34-32-28/h6-12,14-17,19H,4-5,13,18H2,1-3H3,(H,31,32,33,34). The van der Waals surface area contributed by atoms with Crippen molar-refractivity contribution < 1.29 is 9.53 Å². The lowest BCUT2D eigenvalue weighted by Gasteiger charge is -2.14. The lowest BCUT2D eigenvalue weighted by molar-refractivity contribution is 0.0380. The summed E-state index contributed by atoms with van der Waals surface area (Å²) in [5.41, 5.74) is 6.32. The summed E-state index contributed by atoms with van der Waals surface area (Å²) in [6.07, 6.45) is 2.75. The molecular formula is C29H30N6O2. The molecule has 2 aromatic heterocycles. The predicted molar refractivity (Wildman–Crippen MR) is 143 cm³/mol. The third kappa shape index (κ3) is 5.14. The molecule has 188 valence electrons. The van der Waals surface area contributed by atoms with Crippen molar-refractivity contribution in [3.05, 3.63) is 83.7 Å². The van der Waals surface area contributed by atoms with Crippen molar-refractivity contribution in [2.24, 2.45) is 0 Å². The van der Waals surface area contributed by atoms with E-state index >= 15 is 0 Å². The molecule has 0 atom stereocenters. The van der Waals surface area contributed by atoms with E-state index in [4.69, 9.17) is 9.72 Å². The summed E-state index contributed by atoms with van der Waals surface area (Å²) < 4.78 is 7.72. The van der Waals surface area contributed by atoms with E-state index in [0.717, 1.165) is 58.4 Å². The number of hydrogen-bond acceptors (Lipinski definition) is 6. The Morgan fingerprint density at radius 2 is 1.78 bits per heavy atom. The Bertz CT molecular complexity index is 1500. The molecule has 0 amide bonds. The summed E-state index contributed by atoms with van der Waals surface area (Å²) in [5.74, 6) is 1.22. The Morgan fingerprint density at radius 3 is 2.49 bits per heavy atom. The number of rotatable bonds is 9. The molecule has 0 aliphatic heterocycles. The van der Waals surface area contributed by atoms with Gasteiger partial charge in [0.05, 0.1) is 22.7 Å². The molecule has 0 bridgehead atoms. The Kier molecular flexibility index (Phi) is 7.07. The second kappa shape index (κ2) is 10.7. The Hall–Kier alpha value is -4.33. The first-order valence-electron chi connectivity index (χ1n) is 12.7. The Labute approximate surface area is 215 Å². The van der Waals surface area contributed by atoms with Crippen LogP contribution in [0.3, 0.4) is 0 Å². The van der Waals surface area contributed by atoms with Crippen LogP contribution in [0.2, 0.25) is 0 Å². The number of unbranched alkanes of at least 4 members (excludes halogenated alkanes) is 1. The third-order valence-electron chi connectivity index (χ3n) is 6.28. The molecule has 0 aliphatic carbocycles. The van der Waals surface area contributed by atoms with E-state index in [1.54, 1.807) is 0 Å². The minimum Gasteiger partial charge on any atom is -0.459 e. The zero-order chi connectivity index (χ0) is 25.8. The van der Waals surface area contributed by atoms with Crippen LogP contribution in [0.25, 0.3) is 33.5 Å². The summed E-state index contributed by atoms with van der Waals surface area (Å²) in [6, 6.07) is 22.1. The van der Waals surface area contributed by atoms with Crippen LogP contribution in [-0.4, -0.2) is 42.2 Å². The molecule has 3 aromatic carbocycles. The number of imidazole rings is 1. The smallest absolute Gasteiger partial charge is 0.340 e. The van der Waals surface area contributed by atoms with Gasteiger partial charge in [-0.25, -0.2) is 9.78 Å². The van der Waals surface area contributed by atoms with E-state index in [1.165, 1.54) is 0 Å². The third-order valence-corrected chi connectivity index (χ3v) is 6.28. The van der Waals surface area contributed by atoms with Crippen LogP contribution in [0, 0.1) is 0 Å². The average Bonchev–Trinajstić information content (AvgIpc) is 3.56. The molecule has 0 saturated carbocycles. The summed E-state index contributed by atoms with van der Waals surface area (Å²) in [7, 11) is 0. The maximum atomic E-state index is 12.9. The fourth-order valence-electron chi connectivity index (χ4n) is 4.55. The second-order valence-corrected chi connectivity index (χ2v) is 9.32. The number of carbonyl (C=O) groups excluding carboxylic acids is 1. The van der Waals surface area contributed by atoms with Crippen molar-refractivity contribution in [2.45, 2.75) is 52.7 Å². The first kappa shape index (κ1) is 24.4. The molecule has 0 unspecified atom stereocenters. The van der Waals surface area contributed by atoms with Gasteiger partial charge in [0.15, 0.2) is 0 Å². The number of fused-ring (bicyclic) bond motifs is 1. The topological polar surface area (TPSA) is 98.6 Å². The molecule has 0 fully saturated rings. The quantitative estimate of drug-likeness (QED) is 0.259. The SMILES string of the molecule is CCCCc1nc2cccc(C(=O)OC(C)C)c2n1Cc1ccc(-c2ccccc2-c2nn[nH]n2)cc1. The van der Waals surface area contributed by atoms with E-state index in [9.17, 15) is 4.79 Å². The van der Waals surface area contributed by atoms with Crippen molar-refractivity contribution in [3.63, 3.8) is 0 Å². The number of nitrogens with zero attached hydrogens (tertiary/aromatic N) is 5. The fourth-order valence-corrected chi connectivity index (χ4v) is 4.55. The van der Waals surface area contributed by atoms with Crippen molar-refractivity contribution in [3.8, 4) is 22.5 Å². The van der Waals surface area contributed by atoms with Crippen LogP contribution in [0.5, 0.6) is 0 Å². The number of hydrogen-bond donors (Lipinski definition) is 1. The average molecular weight is 495 g/mol. The van der Waals surface area contributed by atoms with Gasteiger partial charge in [-0.1, -0.05) is 67.9 Å². The zero-order valence-electron chi connectivity index (χ0n) is 21.3. The van der Waals surface area contributed by atoms with Crippen molar-refractivity contribution in [2.75, 3.05) is 0 Å². The molecule has 8 heteroatoms. The number of H-pyrrole nitrogens is 1. The van der Waals surface area contributed by atoms with E-state index < -0.39 is 0 Å². The van der Waals surface area contributed by atoms with Gasteiger partial charge >= 0.3 is 5.97 Å². The van der Waals surface area contributed by atoms with E-state index in [-0.39, 0.29) is 12.1 Å². The number of esters is 1. The molecule has 5 aromatic rings. The number of aromatic nitrogens is 6. The molecule has 5 rings (SSSR count). The number of para-hydroxylation sites is 1. The van der Waals surface area contributed by atoms with Gasteiger partial charge in [0.25, 0.3) is 0 Å². The molecule has 2 heterocycles. The van der Waals surface area contributed by atoms with Gasteiger partial charge in [-0.2, -0.15) is 5.21 Å². The van der Waals surface area contributed by atoms with E-state index in [2.05, 4.69) is 62.4 Å². The summed E-state index contributed by atoms with van der Waals surface area (Å²) >= 11 is 0. The van der Waals surface area contributed by atoms with Crippen LogP contribution < -0.4 is 0 Å². The van der Waals surface area contributed by atoms with Crippen molar-refractivity contribution in [1.29, 1.82) is 0 Å². The van der Waals surface area contributed by atoms with Gasteiger partial charge < -0.3 is 9.30 Å². The predicted octanol–water partition coefficient (Wildman–Crippen LogP) is 5.84. The summed E-state index contributed by atoms with van der Waals surface area (Å²) in [6.45, 7) is 6.50. The Morgan fingerprint density at radius 1 is 1.00 bits per heavy atom. The lowest BCUT2D eigenvalue weighted by Crippen LogP contribution is -2.14. The largest absolute Gasteiger partial charge is 0.459 e. The van der Waals surface area contributed by atoms with Crippen LogP contribution >= 0.6 is 0 Å². The molecule has 0 radical (unpaired) electrons. The highest BCUT2D eigenvalue weighted by atomic mass is 16.5. The monoisotopic (exact) mass is 494 g/mol. The first-order chi connectivity index (χ1) is 18.0. The van der Waals surface area contributed by atoms with Gasteiger partial charge in [0.2, 0.25) is 5.82 Å². The molecule has 0 aliphatic rings. The number of ether oxygens (including phenoxy) is 1. The first-order valence-corrected chi connectivity index (χ1v) is 12.7. The van der Waals surface area contributed by atoms with Crippen molar-refractivity contribution in [1.82, 2.24) is 30.2 Å². The molecule has 0 spiro atoms. The van der Waals surface area contributed by atoms with Gasteiger partial charge in [-0.15, -0.1) is 10.2 Å². The maximum Gasteiger partial charge on any atom is 0.340 e. The molecular weight excluding hydrogens is 464 g/mol. The second-order valence-electron chi connectivity index (χ2n) is 9.32. The van der Waals surface area contributed by atoms with Crippen LogP contribution in [0.4, 0.5) is 0 Å². The van der Waals surface area contributed by atoms with Gasteiger partial charge in [-0.05, 0) is 54.3 Å². The normalized spacial score (nSPS) is 11.4. The lowest BCUT2D eigenvalue weighted by atomic mass is 9.98. The minimum absolute atomic E-state index is 0.193. The number of nitrogens with one attached hydrogen (secondary N) is 1. The number of benzene rings is 3. The number of aromatic amines is 1. The molecule has 8 nitrogen and oxygen atoms in total. The Balaban J connectivity index is 1.52. The summed E-state index contributed by atoms with van der Waals surface area (Å²) in [4.78, 5) is 17.9. The van der Waals surface area contributed by atoms with Crippen LogP contribution in [0.1, 0.15) is 55.4 Å². The molecule has 37 heavy (non-hydrogen) atoms. The van der Waals surface area contributed by atoms with E-state index in [1.807, 2.05) is 50.2 Å². The van der Waals surface area contributed by atoms with E-state index in [0.29, 0.717) is 17.9 Å². The fraction of sp³-hybridized carbons (Fsp3) is 0.276. The van der Waals surface area contributed by atoms with Gasteiger partial charge in [0.1, 0.15) is 5.82 Å². The van der Waals surface area contributed by atoms with Crippen molar-refractivity contribution >= 4 is 17.0 Å². The number of carbonyl (C=O) groups is 1. The highest BCUT2D eigenvalue weighted by Gasteiger charge is 2.20. The van der Waals surface area contributed by atoms with Crippen LogP contribution in [0.15, 0.2) is 66.7 Å². The number of aryl methyl sites for hydroxylation is 1. The van der Waals surface area contributed by atoms with Crippen LogP contribution in [-0.2, 0) is 17.7 Å².